The lowest BCUT2D eigenvalue weighted by molar-refractivity contribution is -0.128. The molecule has 1 fully saturated rings. The van der Waals surface area contributed by atoms with Crippen molar-refractivity contribution in [1.29, 1.82) is 0 Å². The molecule has 2 N–H and O–H groups in total. The Morgan fingerprint density at radius 2 is 2.22 bits per heavy atom. The number of halogens is 1. The second-order valence-electron chi connectivity index (χ2n) is 5.38. The first-order valence-corrected chi connectivity index (χ1v) is 7.30. The van der Waals surface area contributed by atoms with Crippen LogP contribution in [0.4, 0.5) is 5.69 Å². The zero-order chi connectivity index (χ0) is 15.5. The van der Waals surface area contributed by atoms with Gasteiger partial charge in [-0.05, 0) is 31.5 Å². The maximum Gasteiger partial charge on any atom is 0.254 e. The van der Waals surface area contributed by atoms with Crippen LogP contribution in [0.15, 0.2) is 28.9 Å². The Balaban J connectivity index is 0.00000192. The van der Waals surface area contributed by atoms with Crippen molar-refractivity contribution in [3.05, 3.63) is 35.7 Å². The molecule has 0 radical (unpaired) electrons. The van der Waals surface area contributed by atoms with Gasteiger partial charge in [-0.1, -0.05) is 6.07 Å². The van der Waals surface area contributed by atoms with Gasteiger partial charge in [-0.15, -0.1) is 12.4 Å². The molecule has 1 amide bonds. The van der Waals surface area contributed by atoms with Crippen LogP contribution in [0.1, 0.15) is 11.3 Å². The van der Waals surface area contributed by atoms with E-state index in [0.29, 0.717) is 24.7 Å². The zero-order valence-corrected chi connectivity index (χ0v) is 13.9. The number of rotatable bonds is 3. The van der Waals surface area contributed by atoms with Crippen LogP contribution in [0, 0.1) is 13.8 Å². The summed E-state index contributed by atoms with van der Waals surface area (Å²) in [6, 6.07) is 5.67. The van der Waals surface area contributed by atoms with Crippen LogP contribution in [-0.2, 0) is 9.53 Å². The Bertz CT molecular complexity index is 681. The minimum atomic E-state index is -0.456. The van der Waals surface area contributed by atoms with Crippen molar-refractivity contribution in [3.8, 4) is 11.5 Å². The summed E-state index contributed by atoms with van der Waals surface area (Å²) in [5.74, 6) is 0.410. The van der Waals surface area contributed by atoms with E-state index in [9.17, 15) is 4.79 Å². The minimum Gasteiger partial charge on any atom is -0.444 e. The van der Waals surface area contributed by atoms with Gasteiger partial charge in [-0.2, -0.15) is 0 Å². The first-order chi connectivity index (χ1) is 10.6. The number of nitrogens with zero attached hydrogens (tertiary/aromatic N) is 1. The molecule has 1 atom stereocenters. The average molecular weight is 338 g/mol. The first-order valence-electron chi connectivity index (χ1n) is 7.30. The SMILES string of the molecule is Cc1coc(-c2cc(NC(=O)C3CNCCO3)ccc2C)n1.Cl. The summed E-state index contributed by atoms with van der Waals surface area (Å²) in [6.07, 6.45) is 1.16. The van der Waals surface area contributed by atoms with Gasteiger partial charge < -0.3 is 19.8 Å². The predicted molar refractivity (Wildman–Crippen MR) is 89.9 cm³/mol. The average Bonchev–Trinajstić information content (AvgIpc) is 2.96. The van der Waals surface area contributed by atoms with Crippen LogP contribution in [0.2, 0.25) is 0 Å². The molecule has 3 rings (SSSR count). The second kappa shape index (κ2) is 7.59. The van der Waals surface area contributed by atoms with Gasteiger partial charge >= 0.3 is 0 Å². The number of oxazole rings is 1. The van der Waals surface area contributed by atoms with Crippen molar-refractivity contribution < 1.29 is 13.9 Å². The molecule has 1 aromatic heterocycles. The van der Waals surface area contributed by atoms with Crippen molar-refractivity contribution >= 4 is 24.0 Å². The Morgan fingerprint density at radius 1 is 1.39 bits per heavy atom. The molecular weight excluding hydrogens is 318 g/mol. The quantitative estimate of drug-likeness (QED) is 0.898. The lowest BCUT2D eigenvalue weighted by atomic mass is 10.1. The predicted octanol–water partition coefficient (Wildman–Crippen LogP) is 2.31. The van der Waals surface area contributed by atoms with E-state index >= 15 is 0 Å². The molecule has 2 heterocycles. The lowest BCUT2D eigenvalue weighted by Crippen LogP contribution is -2.45. The Hall–Kier alpha value is -1.89. The van der Waals surface area contributed by atoms with Crippen molar-refractivity contribution in [2.24, 2.45) is 0 Å². The van der Waals surface area contributed by atoms with Crippen LogP contribution < -0.4 is 10.6 Å². The van der Waals surface area contributed by atoms with Gasteiger partial charge in [0.15, 0.2) is 0 Å². The lowest BCUT2D eigenvalue weighted by Gasteiger charge is -2.22. The number of aromatic nitrogens is 1. The van der Waals surface area contributed by atoms with Crippen LogP contribution >= 0.6 is 12.4 Å². The number of aryl methyl sites for hydroxylation is 2. The first kappa shape index (κ1) is 17.5. The van der Waals surface area contributed by atoms with Crippen LogP contribution in [-0.4, -0.2) is 36.7 Å². The molecule has 1 aliphatic rings. The summed E-state index contributed by atoms with van der Waals surface area (Å²) in [6.45, 7) is 5.72. The van der Waals surface area contributed by atoms with Crippen LogP contribution in [0.3, 0.4) is 0 Å². The third-order valence-corrected chi connectivity index (χ3v) is 3.57. The van der Waals surface area contributed by atoms with E-state index in [0.717, 1.165) is 23.4 Å². The number of amides is 1. The number of nitrogens with one attached hydrogen (secondary N) is 2. The molecule has 2 aromatic rings. The molecule has 1 unspecified atom stereocenters. The van der Waals surface area contributed by atoms with E-state index in [1.54, 1.807) is 6.26 Å². The fraction of sp³-hybridized carbons (Fsp3) is 0.375. The molecule has 23 heavy (non-hydrogen) atoms. The molecular formula is C16H20ClN3O3. The molecule has 124 valence electrons. The highest BCUT2D eigenvalue weighted by atomic mass is 35.5. The topological polar surface area (TPSA) is 76.4 Å². The van der Waals surface area contributed by atoms with E-state index in [4.69, 9.17) is 9.15 Å². The Kier molecular flexibility index (Phi) is 5.76. The molecule has 7 heteroatoms. The van der Waals surface area contributed by atoms with Crippen LogP contribution in [0.5, 0.6) is 0 Å². The van der Waals surface area contributed by atoms with Gasteiger partial charge in [0.2, 0.25) is 5.89 Å². The van der Waals surface area contributed by atoms with E-state index < -0.39 is 6.10 Å². The third kappa shape index (κ3) is 4.10. The minimum absolute atomic E-state index is 0. The summed E-state index contributed by atoms with van der Waals surface area (Å²) < 4.78 is 10.9. The molecule has 1 aliphatic heterocycles. The third-order valence-electron chi connectivity index (χ3n) is 3.57. The van der Waals surface area contributed by atoms with Gasteiger partial charge in [-0.25, -0.2) is 4.98 Å². The largest absolute Gasteiger partial charge is 0.444 e. The summed E-state index contributed by atoms with van der Waals surface area (Å²) >= 11 is 0. The van der Waals surface area contributed by atoms with Crippen molar-refractivity contribution in [3.63, 3.8) is 0 Å². The fourth-order valence-corrected chi connectivity index (χ4v) is 2.36. The smallest absolute Gasteiger partial charge is 0.254 e. The number of hydrogen-bond acceptors (Lipinski definition) is 5. The van der Waals surface area contributed by atoms with Crippen LogP contribution in [0.25, 0.3) is 11.5 Å². The van der Waals surface area contributed by atoms with E-state index in [1.165, 1.54) is 0 Å². The van der Waals surface area contributed by atoms with Gasteiger partial charge in [-0.3, -0.25) is 4.79 Å². The maximum absolute atomic E-state index is 12.2. The van der Waals surface area contributed by atoms with E-state index in [2.05, 4.69) is 15.6 Å². The summed E-state index contributed by atoms with van der Waals surface area (Å²) in [5, 5.41) is 6.02. The highest BCUT2D eigenvalue weighted by Crippen LogP contribution is 2.26. The molecule has 0 saturated carbocycles. The molecule has 0 aliphatic carbocycles. The van der Waals surface area contributed by atoms with E-state index in [1.807, 2.05) is 32.0 Å². The molecule has 1 saturated heterocycles. The number of ether oxygens (including phenoxy) is 1. The van der Waals surface area contributed by atoms with E-state index in [-0.39, 0.29) is 18.3 Å². The maximum atomic E-state index is 12.2. The van der Waals surface area contributed by atoms with Gasteiger partial charge in [0.25, 0.3) is 5.91 Å². The number of benzene rings is 1. The van der Waals surface area contributed by atoms with Crippen molar-refractivity contribution in [2.75, 3.05) is 25.0 Å². The van der Waals surface area contributed by atoms with Gasteiger partial charge in [0.05, 0.1) is 12.3 Å². The zero-order valence-electron chi connectivity index (χ0n) is 13.1. The summed E-state index contributed by atoms with van der Waals surface area (Å²) in [4.78, 5) is 16.5. The number of hydrogen-bond donors (Lipinski definition) is 2. The molecule has 0 spiro atoms. The van der Waals surface area contributed by atoms with Crippen molar-refractivity contribution in [1.82, 2.24) is 10.3 Å². The summed E-state index contributed by atoms with van der Waals surface area (Å²) in [5.41, 5.74) is 3.44. The normalized spacial score (nSPS) is 17.4. The molecule has 1 aromatic carbocycles. The highest BCUT2D eigenvalue weighted by molar-refractivity contribution is 5.95. The molecule has 6 nitrogen and oxygen atoms in total. The number of carbonyl (C=O) groups excluding carboxylic acids is 1. The highest BCUT2D eigenvalue weighted by Gasteiger charge is 2.22. The fourth-order valence-electron chi connectivity index (χ4n) is 2.36. The monoisotopic (exact) mass is 337 g/mol. The standard InChI is InChI=1S/C16H19N3O3.ClH/c1-10-3-4-12(7-13(10)16-18-11(2)9-22-16)19-15(20)14-8-17-5-6-21-14;/h3-4,7,9,14,17H,5-6,8H2,1-2H3,(H,19,20);1H. The second-order valence-corrected chi connectivity index (χ2v) is 5.38. The Morgan fingerprint density at radius 3 is 2.87 bits per heavy atom. The Labute approximate surface area is 141 Å². The van der Waals surface area contributed by atoms with Crippen molar-refractivity contribution in [2.45, 2.75) is 20.0 Å². The molecule has 0 bridgehead atoms. The number of carbonyl (C=O) groups is 1. The number of anilines is 1. The summed E-state index contributed by atoms with van der Waals surface area (Å²) in [7, 11) is 0. The number of morpholine rings is 1. The van der Waals surface area contributed by atoms with Gasteiger partial charge in [0, 0.05) is 24.3 Å². The van der Waals surface area contributed by atoms with Gasteiger partial charge in [0.1, 0.15) is 12.4 Å².